The zero-order valence-corrected chi connectivity index (χ0v) is 32.3. The third-order valence-electron chi connectivity index (χ3n) is 9.90. The van der Waals surface area contributed by atoms with E-state index >= 15 is 0 Å². The predicted octanol–water partition coefficient (Wildman–Crippen LogP) is 7.95. The fraction of sp³-hybridized carbons (Fsp3) is 0.159. The van der Waals surface area contributed by atoms with Crippen LogP contribution in [-0.4, -0.2) is 47.9 Å². The molecule has 2 aromatic heterocycles. The van der Waals surface area contributed by atoms with Crippen molar-refractivity contribution < 1.29 is 22.7 Å². The Morgan fingerprint density at radius 2 is 1.56 bits per heavy atom. The zero-order valence-electron chi connectivity index (χ0n) is 29.9. The Balaban J connectivity index is 1.13. The smallest absolute Gasteiger partial charge is 0.333 e. The number of fused-ring (bicyclic) bond motifs is 4. The van der Waals surface area contributed by atoms with Gasteiger partial charge in [-0.15, -0.1) is 22.7 Å². The Morgan fingerprint density at radius 3 is 2.31 bits per heavy atom. The second-order valence-corrected chi connectivity index (χ2v) is 17.8. The second kappa shape index (κ2) is 14.3. The number of piperidine rings is 1. The largest absolute Gasteiger partial charge is 0.459 e. The van der Waals surface area contributed by atoms with Crippen LogP contribution in [0, 0.1) is 0 Å². The van der Waals surface area contributed by atoms with Crippen LogP contribution in [0.3, 0.4) is 0 Å². The van der Waals surface area contributed by atoms with E-state index in [0.29, 0.717) is 41.9 Å². The number of hydrogen-bond donors (Lipinski definition) is 0. The molecule has 0 aliphatic carbocycles. The molecule has 1 fully saturated rings. The summed E-state index contributed by atoms with van der Waals surface area (Å²) in [5, 5.41) is 3.60. The van der Waals surface area contributed by atoms with Gasteiger partial charge in [-0.05, 0) is 85.2 Å². The lowest BCUT2D eigenvalue weighted by Crippen LogP contribution is -2.41. The highest BCUT2D eigenvalue weighted by atomic mass is 32.2. The Hall–Kier alpha value is -5.46. The third kappa shape index (κ3) is 6.89. The van der Waals surface area contributed by atoms with Gasteiger partial charge in [0.25, 0.3) is 0 Å². The normalized spacial score (nSPS) is 15.1. The molecule has 0 saturated carbocycles. The highest BCUT2D eigenvalue weighted by Crippen LogP contribution is 2.40. The van der Waals surface area contributed by atoms with Crippen LogP contribution in [0.4, 0.5) is 0 Å². The molecule has 0 spiro atoms. The van der Waals surface area contributed by atoms with Crippen molar-refractivity contribution in [3.8, 4) is 11.5 Å². The number of benzene rings is 5. The molecule has 0 amide bonds. The van der Waals surface area contributed by atoms with Crippen molar-refractivity contribution in [1.82, 2.24) is 14.3 Å². The first-order valence-electron chi connectivity index (χ1n) is 18.0. The van der Waals surface area contributed by atoms with Gasteiger partial charge in [0.15, 0.2) is 0 Å². The van der Waals surface area contributed by atoms with Crippen LogP contribution in [0.5, 0.6) is 11.5 Å². The van der Waals surface area contributed by atoms with Gasteiger partial charge >= 0.3 is 5.97 Å². The van der Waals surface area contributed by atoms with Gasteiger partial charge in [-0.1, -0.05) is 67.2 Å². The Morgan fingerprint density at radius 1 is 0.855 bits per heavy atom. The minimum atomic E-state index is -3.94. The van der Waals surface area contributed by atoms with Gasteiger partial charge < -0.3 is 9.47 Å². The summed E-state index contributed by atoms with van der Waals surface area (Å²) in [5.74, 6) is 0.816. The molecule has 0 N–H and O–H groups in total. The first-order valence-corrected chi connectivity index (χ1v) is 21.1. The van der Waals surface area contributed by atoms with Crippen LogP contribution in [0.2, 0.25) is 0 Å². The van der Waals surface area contributed by atoms with E-state index in [1.54, 1.807) is 41.7 Å². The van der Waals surface area contributed by atoms with Crippen LogP contribution in [-0.2, 0) is 26.0 Å². The maximum Gasteiger partial charge on any atom is 0.333 e. The summed E-state index contributed by atoms with van der Waals surface area (Å²) in [6, 6.07) is 35.6. The van der Waals surface area contributed by atoms with Crippen LogP contribution in [0.1, 0.15) is 46.5 Å². The molecule has 2 aliphatic heterocycles. The van der Waals surface area contributed by atoms with Crippen LogP contribution in [0.15, 0.2) is 126 Å². The average molecular weight is 782 g/mol. The van der Waals surface area contributed by atoms with Crippen LogP contribution in [0.25, 0.3) is 32.1 Å². The van der Waals surface area contributed by atoms with Crippen LogP contribution >= 0.6 is 22.7 Å². The number of rotatable bonds is 8. The summed E-state index contributed by atoms with van der Waals surface area (Å²) in [6.45, 7) is 5.74. The summed E-state index contributed by atoms with van der Waals surface area (Å²) in [6.07, 6.45) is 3.12. The summed E-state index contributed by atoms with van der Waals surface area (Å²) < 4.78 is 45.1. The monoisotopic (exact) mass is 781 g/mol. The minimum Gasteiger partial charge on any atom is -0.459 e. The molecule has 11 heteroatoms. The second-order valence-electron chi connectivity index (χ2n) is 13.8. The van der Waals surface area contributed by atoms with E-state index in [2.05, 4.69) is 24.8 Å². The molecule has 8 nitrogen and oxygen atoms in total. The minimum absolute atomic E-state index is 0.213. The number of para-hydroxylation sites is 2. The Kier molecular flexibility index (Phi) is 9.18. The van der Waals surface area contributed by atoms with Gasteiger partial charge in [0, 0.05) is 47.0 Å². The van der Waals surface area contributed by atoms with Crippen molar-refractivity contribution in [3.63, 3.8) is 0 Å². The number of hydrogen-bond acceptors (Lipinski definition) is 9. The maximum absolute atomic E-state index is 14.5. The van der Waals surface area contributed by atoms with E-state index < -0.39 is 16.0 Å². The van der Waals surface area contributed by atoms with E-state index in [0.717, 1.165) is 57.6 Å². The molecular formula is C44H35N3O5S3. The first-order chi connectivity index (χ1) is 26.7. The lowest BCUT2D eigenvalue weighted by Gasteiger charge is -2.32. The molecule has 0 radical (unpaired) electrons. The lowest BCUT2D eigenvalue weighted by molar-refractivity contribution is -0.145. The number of ether oxygens (including phenoxy) is 2. The van der Waals surface area contributed by atoms with E-state index in [-0.39, 0.29) is 24.1 Å². The van der Waals surface area contributed by atoms with Crippen molar-refractivity contribution in [2.45, 2.75) is 37.2 Å². The maximum atomic E-state index is 14.5. The molecule has 274 valence electrons. The fourth-order valence-corrected chi connectivity index (χ4v) is 10.8. The number of carbonyl (C=O) groups excluding carboxylic acids is 1. The zero-order chi connectivity index (χ0) is 37.7. The van der Waals surface area contributed by atoms with Crippen molar-refractivity contribution in [2.24, 2.45) is 0 Å². The van der Waals surface area contributed by atoms with E-state index in [1.807, 2.05) is 84.9 Å². The van der Waals surface area contributed by atoms with Gasteiger partial charge in [-0.25, -0.2) is 23.2 Å². The Labute approximate surface area is 326 Å². The third-order valence-corrected chi connectivity index (χ3v) is 13.9. The number of nitrogens with zero attached hydrogens (tertiary/aromatic N) is 3. The number of aromatic nitrogens is 2. The molecule has 5 aromatic carbocycles. The predicted molar refractivity (Wildman–Crippen MR) is 219 cm³/mol. The first kappa shape index (κ1) is 35.3. The van der Waals surface area contributed by atoms with Crippen molar-refractivity contribution in [1.29, 1.82) is 0 Å². The molecule has 0 bridgehead atoms. The van der Waals surface area contributed by atoms with Gasteiger partial charge in [0.2, 0.25) is 10.0 Å². The quantitative estimate of drug-likeness (QED) is 0.114. The molecule has 55 heavy (non-hydrogen) atoms. The molecule has 0 atom stereocenters. The van der Waals surface area contributed by atoms with Crippen molar-refractivity contribution in [2.75, 3.05) is 13.1 Å². The number of esters is 1. The van der Waals surface area contributed by atoms with Gasteiger partial charge in [0.1, 0.15) is 22.6 Å². The molecular weight excluding hydrogens is 747 g/mol. The summed E-state index contributed by atoms with van der Waals surface area (Å²) in [7, 11) is -3.94. The number of sulfonamides is 1. The molecule has 1 saturated heterocycles. The standard InChI is InChI=1S/C44H35N3O5S3/c1-27(2)44(48)51-30-19-21-47(22-20-30)55(49,50)40-14-8-3-9-33(40)43-31-17-15-28(25-41-45-34-10-4-6-12-38(34)53-41)23-36(31)52-37-24-29(16-18-32(37)43)26-42-46-35-11-5-7-13-39(35)54-42/h3-18,23-25,30H,1,19-22,26H2,2H3/b28-25+. The van der Waals surface area contributed by atoms with E-state index in [9.17, 15) is 13.2 Å². The molecule has 7 aromatic rings. The number of carbonyl (C=O) groups is 1. The molecule has 2 aliphatic rings. The molecule has 9 rings (SSSR count). The Bertz CT molecular complexity index is 2840. The topological polar surface area (TPSA) is 98.7 Å². The summed E-state index contributed by atoms with van der Waals surface area (Å²) >= 11 is 3.30. The van der Waals surface area contributed by atoms with Gasteiger partial charge in [-0.3, -0.25) is 0 Å². The van der Waals surface area contributed by atoms with Crippen LogP contribution < -0.4 is 15.2 Å². The fourth-order valence-electron chi connectivity index (χ4n) is 7.19. The SMILES string of the molecule is C=C(C)C(=O)OC1CCN(S(=O)(=O)c2ccccc2C2=c3cc/c(=C\c4nc5ccccc5s4)cc3Oc3cc(Cc4nc5ccccc5s4)ccc32)CC1. The van der Waals surface area contributed by atoms with Crippen molar-refractivity contribution >= 4 is 70.7 Å². The number of thiazole rings is 2. The summed E-state index contributed by atoms with van der Waals surface area (Å²) in [5.41, 5.74) is 5.46. The molecule has 4 heterocycles. The molecule has 0 unspecified atom stereocenters. The van der Waals surface area contributed by atoms with Gasteiger partial charge in [-0.2, -0.15) is 4.31 Å². The average Bonchev–Trinajstić information content (AvgIpc) is 3.80. The highest BCUT2D eigenvalue weighted by molar-refractivity contribution is 7.89. The van der Waals surface area contributed by atoms with E-state index in [4.69, 9.17) is 19.4 Å². The van der Waals surface area contributed by atoms with E-state index in [1.165, 1.54) is 4.31 Å². The summed E-state index contributed by atoms with van der Waals surface area (Å²) in [4.78, 5) is 22.0. The van der Waals surface area contributed by atoms with Crippen molar-refractivity contribution in [3.05, 3.63) is 158 Å². The highest BCUT2D eigenvalue weighted by Gasteiger charge is 2.34. The lowest BCUT2D eigenvalue weighted by atomic mass is 9.91. The van der Waals surface area contributed by atoms with Gasteiger partial charge in [0.05, 0.1) is 30.3 Å².